The lowest BCUT2D eigenvalue weighted by atomic mass is 9.90. The zero-order valence-electron chi connectivity index (χ0n) is 22.6. The maximum Gasteiger partial charge on any atom is 0.335 e. The first-order valence-corrected chi connectivity index (χ1v) is 13.6. The SMILES string of the molecule is N#Cc1ccc(COc2ncccc2C2CCN(Cc3nc4ccc(C(=O)O)cc4n3Cc3ncco3)CC2)c(F)c1. The number of carbonyl (C=O) groups is 1. The van der Waals surface area contributed by atoms with Crippen LogP contribution in [0.4, 0.5) is 4.39 Å². The molecule has 10 nitrogen and oxygen atoms in total. The highest BCUT2D eigenvalue weighted by Crippen LogP contribution is 2.34. The third kappa shape index (κ3) is 5.70. The minimum atomic E-state index is -0.995. The number of aromatic nitrogens is 4. The van der Waals surface area contributed by atoms with Crippen molar-refractivity contribution in [2.75, 3.05) is 13.1 Å². The van der Waals surface area contributed by atoms with Crippen molar-refractivity contribution in [1.29, 1.82) is 5.26 Å². The molecule has 1 saturated heterocycles. The molecule has 0 radical (unpaired) electrons. The highest BCUT2D eigenvalue weighted by atomic mass is 19.1. The number of piperidine rings is 1. The lowest BCUT2D eigenvalue weighted by Gasteiger charge is -2.32. The van der Waals surface area contributed by atoms with Gasteiger partial charge in [0.25, 0.3) is 0 Å². The molecule has 3 aromatic heterocycles. The molecule has 5 aromatic rings. The second kappa shape index (κ2) is 11.8. The minimum Gasteiger partial charge on any atom is -0.478 e. The summed E-state index contributed by atoms with van der Waals surface area (Å²) < 4.78 is 27.8. The monoisotopic (exact) mass is 566 g/mol. The van der Waals surface area contributed by atoms with Crippen LogP contribution in [0.1, 0.15) is 57.5 Å². The minimum absolute atomic E-state index is 0.0186. The van der Waals surface area contributed by atoms with E-state index >= 15 is 0 Å². The Balaban J connectivity index is 1.15. The van der Waals surface area contributed by atoms with Crippen molar-refractivity contribution in [3.05, 3.63) is 107 Å². The summed E-state index contributed by atoms with van der Waals surface area (Å²) in [5.74, 6) is 0.554. The zero-order valence-corrected chi connectivity index (χ0v) is 22.6. The van der Waals surface area contributed by atoms with Gasteiger partial charge in [-0.15, -0.1) is 0 Å². The molecular weight excluding hydrogens is 539 g/mol. The fraction of sp³-hybridized carbons (Fsp3) is 0.258. The van der Waals surface area contributed by atoms with E-state index in [1.807, 2.05) is 22.8 Å². The van der Waals surface area contributed by atoms with E-state index < -0.39 is 11.8 Å². The van der Waals surface area contributed by atoms with Crippen molar-refractivity contribution in [3.63, 3.8) is 0 Å². The second-order valence-electron chi connectivity index (χ2n) is 10.2. The van der Waals surface area contributed by atoms with Crippen LogP contribution in [0.5, 0.6) is 5.88 Å². The highest BCUT2D eigenvalue weighted by molar-refractivity contribution is 5.92. The molecule has 42 heavy (non-hydrogen) atoms. The van der Waals surface area contributed by atoms with E-state index in [2.05, 4.69) is 14.9 Å². The maximum atomic E-state index is 14.4. The molecule has 1 aliphatic rings. The number of carboxylic acid groups (broad SMARTS) is 1. The lowest BCUT2D eigenvalue weighted by Crippen LogP contribution is -2.33. The van der Waals surface area contributed by atoms with Crippen molar-refractivity contribution in [1.82, 2.24) is 24.4 Å². The standard InChI is InChI=1S/C31H27FN6O4/c32-25-14-20(16-33)3-4-23(25)19-42-30-24(2-1-9-35-30)21-7-11-37(12-8-21)17-28-36-26-6-5-22(31(39)40)15-27(26)38(28)18-29-34-10-13-41-29/h1-6,9-10,13-15,21H,7-8,11-12,17-19H2,(H,39,40). The fourth-order valence-corrected chi connectivity index (χ4v) is 5.39. The second-order valence-corrected chi connectivity index (χ2v) is 10.2. The first-order valence-electron chi connectivity index (χ1n) is 13.6. The van der Waals surface area contributed by atoms with Gasteiger partial charge in [0.1, 0.15) is 31.1 Å². The van der Waals surface area contributed by atoms with Crippen LogP contribution >= 0.6 is 0 Å². The largest absolute Gasteiger partial charge is 0.478 e. The van der Waals surface area contributed by atoms with Gasteiger partial charge in [-0.3, -0.25) is 4.90 Å². The molecule has 1 N–H and O–H groups in total. The lowest BCUT2D eigenvalue weighted by molar-refractivity contribution is 0.0697. The van der Waals surface area contributed by atoms with Gasteiger partial charge < -0.3 is 18.8 Å². The summed E-state index contributed by atoms with van der Waals surface area (Å²) in [5.41, 5.74) is 3.24. The average molecular weight is 567 g/mol. The average Bonchev–Trinajstić information content (AvgIpc) is 3.65. The number of rotatable bonds is 9. The molecule has 0 atom stereocenters. The van der Waals surface area contributed by atoms with E-state index in [1.54, 1.807) is 42.7 Å². The number of oxazole rings is 1. The Morgan fingerprint density at radius 1 is 1.12 bits per heavy atom. The van der Waals surface area contributed by atoms with Crippen molar-refractivity contribution in [2.45, 2.75) is 38.5 Å². The van der Waals surface area contributed by atoms with Gasteiger partial charge in [0.05, 0.1) is 41.0 Å². The molecule has 4 heterocycles. The molecule has 2 aromatic carbocycles. The molecule has 6 rings (SSSR count). The molecule has 0 spiro atoms. The van der Waals surface area contributed by atoms with Gasteiger partial charge >= 0.3 is 5.97 Å². The number of hydrogen-bond acceptors (Lipinski definition) is 8. The number of aromatic carboxylic acids is 1. The first kappa shape index (κ1) is 27.1. The van der Waals surface area contributed by atoms with Gasteiger partial charge in [-0.25, -0.2) is 24.1 Å². The summed E-state index contributed by atoms with van der Waals surface area (Å²) in [5, 5.41) is 18.5. The van der Waals surface area contributed by atoms with Gasteiger partial charge in [-0.1, -0.05) is 12.1 Å². The third-order valence-electron chi connectivity index (χ3n) is 7.59. The van der Waals surface area contributed by atoms with Crippen LogP contribution in [-0.2, 0) is 19.7 Å². The van der Waals surface area contributed by atoms with Gasteiger partial charge in [-0.2, -0.15) is 5.26 Å². The summed E-state index contributed by atoms with van der Waals surface area (Å²) in [4.78, 5) is 27.4. The molecule has 0 saturated carbocycles. The molecule has 212 valence electrons. The van der Waals surface area contributed by atoms with Gasteiger partial charge in [0, 0.05) is 17.3 Å². The molecule has 0 unspecified atom stereocenters. The van der Waals surface area contributed by atoms with Crippen LogP contribution in [0.3, 0.4) is 0 Å². The Bertz CT molecular complexity index is 1770. The number of hydrogen-bond donors (Lipinski definition) is 1. The van der Waals surface area contributed by atoms with Gasteiger partial charge in [0.2, 0.25) is 11.8 Å². The Hall–Kier alpha value is -5.08. The van der Waals surface area contributed by atoms with E-state index in [0.717, 1.165) is 37.3 Å². The Morgan fingerprint density at radius 3 is 2.71 bits per heavy atom. The highest BCUT2D eigenvalue weighted by Gasteiger charge is 2.26. The Morgan fingerprint density at radius 2 is 1.98 bits per heavy atom. The number of nitrogens with zero attached hydrogens (tertiary/aromatic N) is 6. The topological polar surface area (TPSA) is 130 Å². The predicted molar refractivity (Wildman–Crippen MR) is 149 cm³/mol. The van der Waals surface area contributed by atoms with E-state index in [-0.39, 0.29) is 23.7 Å². The van der Waals surface area contributed by atoms with E-state index in [4.69, 9.17) is 19.4 Å². The molecule has 0 amide bonds. The third-order valence-corrected chi connectivity index (χ3v) is 7.59. The van der Waals surface area contributed by atoms with Crippen molar-refractivity contribution in [2.24, 2.45) is 0 Å². The number of ether oxygens (including phenoxy) is 1. The smallest absolute Gasteiger partial charge is 0.335 e. The van der Waals surface area contributed by atoms with Gasteiger partial charge in [0.15, 0.2) is 0 Å². The number of fused-ring (bicyclic) bond motifs is 1. The first-order chi connectivity index (χ1) is 20.5. The number of likely N-dealkylation sites (tertiary alicyclic amines) is 1. The summed E-state index contributed by atoms with van der Waals surface area (Å²) >= 11 is 0. The number of imidazole rings is 1. The Labute approximate surface area is 240 Å². The van der Waals surface area contributed by atoms with Crippen LogP contribution in [-0.4, -0.2) is 48.6 Å². The number of benzene rings is 2. The van der Waals surface area contributed by atoms with E-state index in [1.165, 1.54) is 12.3 Å². The summed E-state index contributed by atoms with van der Waals surface area (Å²) in [6, 6.07) is 15.1. The molecule has 0 aliphatic carbocycles. The van der Waals surface area contributed by atoms with Crippen LogP contribution in [0.15, 0.2) is 71.6 Å². The predicted octanol–water partition coefficient (Wildman–Crippen LogP) is 5.14. The molecule has 1 aliphatic heterocycles. The molecular formula is C31H27FN6O4. The number of pyridine rings is 1. The molecule has 0 bridgehead atoms. The molecule has 1 fully saturated rings. The summed E-state index contributed by atoms with van der Waals surface area (Å²) in [6.07, 6.45) is 6.50. The molecule has 11 heteroatoms. The zero-order chi connectivity index (χ0) is 29.1. The quantitative estimate of drug-likeness (QED) is 0.258. The van der Waals surface area contributed by atoms with Gasteiger partial charge in [-0.05, 0) is 68.2 Å². The van der Waals surface area contributed by atoms with E-state index in [0.29, 0.717) is 41.5 Å². The number of carboxylic acids is 1. The van der Waals surface area contributed by atoms with E-state index in [9.17, 15) is 14.3 Å². The number of nitriles is 1. The maximum absolute atomic E-state index is 14.4. The van der Waals surface area contributed by atoms with Crippen LogP contribution < -0.4 is 4.74 Å². The van der Waals surface area contributed by atoms with Crippen LogP contribution in [0.25, 0.3) is 11.0 Å². The van der Waals surface area contributed by atoms with Crippen molar-refractivity contribution < 1.29 is 23.4 Å². The Kier molecular flexibility index (Phi) is 7.62. The summed E-state index contributed by atoms with van der Waals surface area (Å²) in [6.45, 7) is 2.57. The van der Waals surface area contributed by atoms with Crippen molar-refractivity contribution in [3.8, 4) is 11.9 Å². The van der Waals surface area contributed by atoms with Crippen LogP contribution in [0, 0.1) is 17.1 Å². The van der Waals surface area contributed by atoms with Crippen molar-refractivity contribution >= 4 is 17.0 Å². The number of halogens is 1. The fourth-order valence-electron chi connectivity index (χ4n) is 5.39. The normalized spacial score (nSPS) is 14.2. The summed E-state index contributed by atoms with van der Waals surface area (Å²) in [7, 11) is 0. The van der Waals surface area contributed by atoms with Crippen LogP contribution in [0.2, 0.25) is 0 Å².